The third-order valence-electron chi connectivity index (χ3n) is 8.81. The molecule has 2 fully saturated rings. The van der Waals surface area contributed by atoms with Crippen LogP contribution in [-0.4, -0.2) is 72.3 Å². The standard InChI is InChI=1S/C35H42N6O3/c1-44-21-5-19-41-32-8-3-2-7-31(32)38-34(41)28-6-4-18-39(24-28)33(42)23-29(36)22-25-9-11-26(12-10-25)27-13-15-30(16-14-27)40-20-17-37-35(40)43/h2-3,7-16,28-29H,4-6,17-24,36H2,1H3,(H,37,43)/t28-,29-/m1/s1. The molecule has 1 aromatic heterocycles. The lowest BCUT2D eigenvalue weighted by Gasteiger charge is -2.33. The molecule has 2 saturated heterocycles. The average molecular weight is 595 g/mol. The number of nitrogens with zero attached hydrogens (tertiary/aromatic N) is 4. The molecule has 2 aliphatic heterocycles. The summed E-state index contributed by atoms with van der Waals surface area (Å²) in [7, 11) is 1.73. The number of fused-ring (bicyclic) bond motifs is 1. The zero-order chi connectivity index (χ0) is 30.5. The number of nitrogens with one attached hydrogen (secondary N) is 1. The molecule has 3 heterocycles. The SMILES string of the molecule is COCCCn1c([C@@H]2CCCN(C(=O)C[C@H](N)Cc3ccc(-c4ccc(N5CCNC5=O)cc4)cc3)C2)nc2ccccc21. The van der Waals surface area contributed by atoms with Crippen molar-refractivity contribution in [1.82, 2.24) is 19.8 Å². The van der Waals surface area contributed by atoms with E-state index in [0.717, 1.165) is 71.6 Å². The summed E-state index contributed by atoms with van der Waals surface area (Å²) in [6.45, 7) is 4.35. The highest BCUT2D eigenvalue weighted by Crippen LogP contribution is 2.30. The Bertz CT molecular complexity index is 1580. The second-order valence-corrected chi connectivity index (χ2v) is 11.9. The second kappa shape index (κ2) is 13.6. The van der Waals surface area contributed by atoms with Crippen LogP contribution in [0.25, 0.3) is 22.2 Å². The lowest BCUT2D eigenvalue weighted by molar-refractivity contribution is -0.132. The minimum atomic E-state index is -0.252. The number of hydrogen-bond donors (Lipinski definition) is 2. The number of aryl methyl sites for hydroxylation is 1. The van der Waals surface area contributed by atoms with Crippen molar-refractivity contribution in [2.45, 2.75) is 50.6 Å². The van der Waals surface area contributed by atoms with E-state index in [-0.39, 0.29) is 23.9 Å². The molecule has 3 N–H and O–H groups in total. The van der Waals surface area contributed by atoms with Crippen molar-refractivity contribution in [3.05, 3.63) is 84.2 Å². The van der Waals surface area contributed by atoms with E-state index in [1.807, 2.05) is 35.2 Å². The van der Waals surface area contributed by atoms with Gasteiger partial charge in [-0.1, -0.05) is 48.5 Å². The van der Waals surface area contributed by atoms with E-state index in [2.05, 4.69) is 52.3 Å². The first-order valence-electron chi connectivity index (χ1n) is 15.7. The molecular formula is C35H42N6O3. The Balaban J connectivity index is 1.05. The average Bonchev–Trinajstić information content (AvgIpc) is 3.65. The molecular weight excluding hydrogens is 552 g/mol. The van der Waals surface area contributed by atoms with E-state index in [0.29, 0.717) is 39.1 Å². The maximum Gasteiger partial charge on any atom is 0.321 e. The molecule has 2 atom stereocenters. The van der Waals surface area contributed by atoms with Crippen molar-refractivity contribution in [1.29, 1.82) is 0 Å². The van der Waals surface area contributed by atoms with Gasteiger partial charge in [-0.05, 0) is 66.6 Å². The van der Waals surface area contributed by atoms with E-state index in [9.17, 15) is 9.59 Å². The molecule has 6 rings (SSSR count). The summed E-state index contributed by atoms with van der Waals surface area (Å²) in [4.78, 5) is 34.1. The van der Waals surface area contributed by atoms with Gasteiger partial charge in [0, 0.05) is 70.5 Å². The molecule has 9 heteroatoms. The molecule has 0 spiro atoms. The van der Waals surface area contributed by atoms with Gasteiger partial charge in [-0.3, -0.25) is 9.69 Å². The number of urea groups is 1. The quantitative estimate of drug-likeness (QED) is 0.240. The minimum absolute atomic E-state index is 0.0495. The van der Waals surface area contributed by atoms with E-state index in [1.165, 1.54) is 0 Å². The Morgan fingerprint density at radius 2 is 1.80 bits per heavy atom. The van der Waals surface area contributed by atoms with Crippen LogP contribution in [0.1, 0.15) is 43.0 Å². The molecule has 230 valence electrons. The predicted molar refractivity (Wildman–Crippen MR) is 174 cm³/mol. The molecule has 44 heavy (non-hydrogen) atoms. The molecule has 0 saturated carbocycles. The summed E-state index contributed by atoms with van der Waals surface area (Å²) < 4.78 is 7.63. The monoisotopic (exact) mass is 594 g/mol. The van der Waals surface area contributed by atoms with E-state index in [4.69, 9.17) is 15.5 Å². The molecule has 4 aromatic rings. The van der Waals surface area contributed by atoms with Gasteiger partial charge in [-0.15, -0.1) is 0 Å². The number of para-hydroxylation sites is 2. The van der Waals surface area contributed by atoms with Gasteiger partial charge in [0.05, 0.1) is 11.0 Å². The van der Waals surface area contributed by atoms with Crippen molar-refractivity contribution in [2.75, 3.05) is 44.8 Å². The topological polar surface area (TPSA) is 106 Å². The van der Waals surface area contributed by atoms with Crippen LogP contribution in [0.15, 0.2) is 72.8 Å². The molecule has 0 bridgehead atoms. The second-order valence-electron chi connectivity index (χ2n) is 11.9. The number of benzene rings is 3. The van der Waals surface area contributed by atoms with Crippen molar-refractivity contribution in [2.24, 2.45) is 5.73 Å². The Hall–Kier alpha value is -4.21. The Morgan fingerprint density at radius 1 is 1.05 bits per heavy atom. The van der Waals surface area contributed by atoms with Crippen LogP contribution in [-0.2, 0) is 22.5 Å². The zero-order valence-corrected chi connectivity index (χ0v) is 25.5. The molecule has 3 aromatic carbocycles. The number of aromatic nitrogens is 2. The third-order valence-corrected chi connectivity index (χ3v) is 8.81. The number of hydrogen-bond acceptors (Lipinski definition) is 5. The van der Waals surface area contributed by atoms with Crippen LogP contribution in [0, 0.1) is 0 Å². The van der Waals surface area contributed by atoms with Crippen molar-refractivity contribution in [3.8, 4) is 11.1 Å². The van der Waals surface area contributed by atoms with Crippen molar-refractivity contribution < 1.29 is 14.3 Å². The van der Waals surface area contributed by atoms with Gasteiger partial charge in [-0.25, -0.2) is 9.78 Å². The van der Waals surface area contributed by atoms with Crippen LogP contribution in [0.4, 0.5) is 10.5 Å². The summed E-state index contributed by atoms with van der Waals surface area (Å²) in [6, 6.07) is 24.4. The number of amides is 3. The summed E-state index contributed by atoms with van der Waals surface area (Å²) in [5.74, 6) is 1.39. The first kappa shape index (κ1) is 29.8. The maximum absolute atomic E-state index is 13.4. The van der Waals surface area contributed by atoms with E-state index < -0.39 is 0 Å². The highest BCUT2D eigenvalue weighted by atomic mass is 16.5. The van der Waals surface area contributed by atoms with Gasteiger partial charge in [0.1, 0.15) is 5.82 Å². The Kier molecular flexibility index (Phi) is 9.23. The zero-order valence-electron chi connectivity index (χ0n) is 25.5. The van der Waals surface area contributed by atoms with E-state index >= 15 is 0 Å². The fourth-order valence-corrected chi connectivity index (χ4v) is 6.54. The molecule has 9 nitrogen and oxygen atoms in total. The molecule has 3 amide bonds. The first-order chi connectivity index (χ1) is 21.5. The van der Waals surface area contributed by atoms with E-state index in [1.54, 1.807) is 12.0 Å². The van der Waals surface area contributed by atoms with Crippen molar-refractivity contribution >= 4 is 28.7 Å². The Morgan fingerprint density at radius 3 is 2.52 bits per heavy atom. The van der Waals surface area contributed by atoms with Crippen LogP contribution in [0.3, 0.4) is 0 Å². The van der Waals surface area contributed by atoms with Crippen LogP contribution < -0.4 is 16.0 Å². The number of carbonyl (C=O) groups excluding carboxylic acids is 2. The summed E-state index contributed by atoms with van der Waals surface area (Å²) >= 11 is 0. The van der Waals surface area contributed by atoms with Gasteiger partial charge in [0.2, 0.25) is 5.91 Å². The summed E-state index contributed by atoms with van der Waals surface area (Å²) in [6.07, 6.45) is 3.86. The maximum atomic E-state index is 13.4. The van der Waals surface area contributed by atoms with Crippen LogP contribution >= 0.6 is 0 Å². The highest BCUT2D eigenvalue weighted by molar-refractivity contribution is 5.94. The molecule has 2 aliphatic rings. The number of methoxy groups -OCH3 is 1. The van der Waals surface area contributed by atoms with Gasteiger partial charge in [0.25, 0.3) is 0 Å². The van der Waals surface area contributed by atoms with Crippen molar-refractivity contribution in [3.63, 3.8) is 0 Å². The number of carbonyl (C=O) groups is 2. The first-order valence-corrected chi connectivity index (χ1v) is 15.7. The van der Waals surface area contributed by atoms with Gasteiger partial charge in [-0.2, -0.15) is 0 Å². The lowest BCUT2D eigenvalue weighted by atomic mass is 9.95. The molecule has 0 radical (unpaired) electrons. The summed E-state index contributed by atoms with van der Waals surface area (Å²) in [5.41, 5.74) is 12.9. The van der Waals surface area contributed by atoms with Gasteiger partial charge < -0.3 is 25.3 Å². The number of imidazole rings is 1. The lowest BCUT2D eigenvalue weighted by Crippen LogP contribution is -2.42. The highest BCUT2D eigenvalue weighted by Gasteiger charge is 2.29. The summed E-state index contributed by atoms with van der Waals surface area (Å²) in [5, 5.41) is 2.84. The van der Waals surface area contributed by atoms with Gasteiger partial charge in [0.15, 0.2) is 0 Å². The number of piperidine rings is 1. The smallest absolute Gasteiger partial charge is 0.321 e. The predicted octanol–water partition coefficient (Wildman–Crippen LogP) is 4.94. The molecule has 0 unspecified atom stereocenters. The molecule has 0 aliphatic carbocycles. The largest absolute Gasteiger partial charge is 0.385 e. The fourth-order valence-electron chi connectivity index (χ4n) is 6.54. The Labute approximate surface area is 259 Å². The van der Waals surface area contributed by atoms with Crippen LogP contribution in [0.2, 0.25) is 0 Å². The van der Waals surface area contributed by atoms with Gasteiger partial charge >= 0.3 is 6.03 Å². The normalized spacial score (nSPS) is 17.7. The number of nitrogens with two attached hydrogens (primary N) is 1. The van der Waals surface area contributed by atoms with Crippen LogP contribution in [0.5, 0.6) is 0 Å². The number of likely N-dealkylation sites (tertiary alicyclic amines) is 1. The minimum Gasteiger partial charge on any atom is -0.385 e. The third kappa shape index (κ3) is 6.64. The number of anilines is 1. The number of ether oxygens (including phenoxy) is 1. The fraction of sp³-hybridized carbons (Fsp3) is 0.400. The number of rotatable bonds is 11.